The van der Waals surface area contributed by atoms with Crippen LogP contribution in [0.15, 0.2) is 4.99 Å². The van der Waals surface area contributed by atoms with Crippen LogP contribution in [0.1, 0.15) is 51.2 Å². The van der Waals surface area contributed by atoms with Crippen molar-refractivity contribution in [2.45, 2.75) is 59.0 Å². The number of halogens is 1. The summed E-state index contributed by atoms with van der Waals surface area (Å²) in [5.74, 6) is 2.97. The number of hydrogen-bond acceptors (Lipinski definition) is 3. The lowest BCUT2D eigenvalue weighted by Gasteiger charge is -2.10. The summed E-state index contributed by atoms with van der Waals surface area (Å²) in [6.07, 6.45) is 5.86. The van der Waals surface area contributed by atoms with E-state index in [0.717, 1.165) is 50.1 Å². The van der Waals surface area contributed by atoms with Gasteiger partial charge in [0.2, 0.25) is 0 Å². The van der Waals surface area contributed by atoms with Crippen LogP contribution in [0.3, 0.4) is 0 Å². The molecule has 2 heterocycles. The molecular weight excluding hydrogens is 379 g/mol. The van der Waals surface area contributed by atoms with Crippen LogP contribution in [-0.4, -0.2) is 33.8 Å². The van der Waals surface area contributed by atoms with Gasteiger partial charge in [0, 0.05) is 26.1 Å². The Bertz CT molecular complexity index is 443. The molecule has 0 amide bonds. The lowest BCUT2D eigenvalue weighted by Crippen LogP contribution is -2.37. The highest BCUT2D eigenvalue weighted by molar-refractivity contribution is 14.0. The highest BCUT2D eigenvalue weighted by atomic mass is 127. The average Bonchev–Trinajstić information content (AvgIpc) is 2.69. The van der Waals surface area contributed by atoms with Gasteiger partial charge in [-0.15, -0.1) is 34.2 Å². The van der Waals surface area contributed by atoms with E-state index < -0.39 is 0 Å². The third kappa shape index (κ3) is 5.44. The van der Waals surface area contributed by atoms with E-state index in [2.05, 4.69) is 44.2 Å². The molecule has 1 aliphatic heterocycles. The second-order valence-corrected chi connectivity index (χ2v) is 5.12. The maximum atomic E-state index is 4.60. The second kappa shape index (κ2) is 9.97. The maximum Gasteiger partial charge on any atom is 0.191 e. The van der Waals surface area contributed by atoms with Crippen molar-refractivity contribution in [3.8, 4) is 0 Å². The van der Waals surface area contributed by atoms with Gasteiger partial charge in [-0.05, 0) is 26.2 Å². The van der Waals surface area contributed by atoms with Crippen molar-refractivity contribution in [1.82, 2.24) is 25.4 Å². The van der Waals surface area contributed by atoms with Gasteiger partial charge in [-0.1, -0.05) is 13.3 Å². The largest absolute Gasteiger partial charge is 0.357 e. The third-order valence-electron chi connectivity index (χ3n) is 3.45. The molecule has 0 bridgehead atoms. The zero-order chi connectivity index (χ0) is 14.2. The molecule has 1 aromatic rings. The Balaban J connectivity index is 0.00000220. The van der Waals surface area contributed by atoms with Gasteiger partial charge in [0.15, 0.2) is 11.8 Å². The van der Waals surface area contributed by atoms with Crippen molar-refractivity contribution in [2.75, 3.05) is 13.1 Å². The third-order valence-corrected chi connectivity index (χ3v) is 3.45. The van der Waals surface area contributed by atoms with Gasteiger partial charge in [0.1, 0.15) is 12.4 Å². The number of aliphatic imine (C=N–C) groups is 1. The fourth-order valence-corrected chi connectivity index (χ4v) is 2.40. The van der Waals surface area contributed by atoms with E-state index in [4.69, 9.17) is 0 Å². The Labute approximate surface area is 144 Å². The van der Waals surface area contributed by atoms with Gasteiger partial charge < -0.3 is 15.2 Å². The average molecular weight is 406 g/mol. The van der Waals surface area contributed by atoms with E-state index in [9.17, 15) is 0 Å². The summed E-state index contributed by atoms with van der Waals surface area (Å²) in [7, 11) is 0. The molecule has 0 spiro atoms. The molecule has 0 unspecified atom stereocenters. The summed E-state index contributed by atoms with van der Waals surface area (Å²) >= 11 is 0. The van der Waals surface area contributed by atoms with Crippen LogP contribution in [0.2, 0.25) is 0 Å². The minimum atomic E-state index is 0. The van der Waals surface area contributed by atoms with E-state index in [1.807, 2.05) is 0 Å². The quantitative estimate of drug-likeness (QED) is 0.447. The minimum Gasteiger partial charge on any atom is -0.357 e. The van der Waals surface area contributed by atoms with Gasteiger partial charge in [-0.3, -0.25) is 0 Å². The number of aromatic nitrogens is 3. The number of guanidine groups is 1. The summed E-state index contributed by atoms with van der Waals surface area (Å²) in [6, 6.07) is 0. The lowest BCUT2D eigenvalue weighted by molar-refractivity contribution is 0.605. The van der Waals surface area contributed by atoms with Crippen LogP contribution >= 0.6 is 24.0 Å². The molecule has 0 fully saturated rings. The first kappa shape index (κ1) is 18.2. The molecule has 0 saturated carbocycles. The lowest BCUT2D eigenvalue weighted by atomic mass is 10.2. The first-order chi connectivity index (χ1) is 9.85. The molecule has 0 aliphatic carbocycles. The molecule has 2 N–H and O–H groups in total. The summed E-state index contributed by atoms with van der Waals surface area (Å²) in [5.41, 5.74) is 0. The molecule has 1 aliphatic rings. The van der Waals surface area contributed by atoms with Gasteiger partial charge in [0.05, 0.1) is 0 Å². The van der Waals surface area contributed by atoms with E-state index in [-0.39, 0.29) is 24.0 Å². The number of nitrogens with zero attached hydrogens (tertiary/aromatic N) is 4. The van der Waals surface area contributed by atoms with Gasteiger partial charge in [0.25, 0.3) is 0 Å². The molecule has 0 aromatic carbocycles. The van der Waals surface area contributed by atoms with Gasteiger partial charge in [-0.25, -0.2) is 4.99 Å². The van der Waals surface area contributed by atoms with E-state index in [0.29, 0.717) is 6.54 Å². The first-order valence-electron chi connectivity index (χ1n) is 7.78. The fourth-order valence-electron chi connectivity index (χ4n) is 2.40. The Morgan fingerprint density at radius 2 is 2.05 bits per heavy atom. The highest BCUT2D eigenvalue weighted by Gasteiger charge is 2.14. The molecule has 2 rings (SSSR count). The van der Waals surface area contributed by atoms with Crippen LogP contribution in [0.5, 0.6) is 0 Å². The Hall–Kier alpha value is -0.860. The Morgan fingerprint density at radius 1 is 1.19 bits per heavy atom. The predicted octanol–water partition coefficient (Wildman–Crippen LogP) is 2.09. The van der Waals surface area contributed by atoms with Crippen molar-refractivity contribution in [1.29, 1.82) is 0 Å². The van der Waals surface area contributed by atoms with E-state index >= 15 is 0 Å². The van der Waals surface area contributed by atoms with Crippen molar-refractivity contribution in [3.05, 3.63) is 11.6 Å². The van der Waals surface area contributed by atoms with Crippen molar-refractivity contribution >= 4 is 29.9 Å². The molecule has 120 valence electrons. The summed E-state index contributed by atoms with van der Waals surface area (Å²) < 4.78 is 2.25. The van der Waals surface area contributed by atoms with Crippen molar-refractivity contribution in [3.63, 3.8) is 0 Å². The number of hydrogen-bond donors (Lipinski definition) is 2. The molecule has 0 saturated heterocycles. The number of rotatable bonds is 5. The van der Waals surface area contributed by atoms with Crippen LogP contribution in [0.4, 0.5) is 0 Å². The number of fused-ring (bicyclic) bond motifs is 1. The van der Waals surface area contributed by atoms with Gasteiger partial charge in [-0.2, -0.15) is 0 Å². The minimum absolute atomic E-state index is 0. The Kier molecular flexibility index (Phi) is 8.63. The summed E-state index contributed by atoms with van der Waals surface area (Å²) in [4.78, 5) is 4.60. The van der Waals surface area contributed by atoms with Crippen molar-refractivity contribution in [2.24, 2.45) is 4.99 Å². The number of nitrogens with one attached hydrogen (secondary N) is 2. The predicted molar refractivity (Wildman–Crippen MR) is 96.1 cm³/mol. The highest BCUT2D eigenvalue weighted by Crippen LogP contribution is 2.14. The van der Waals surface area contributed by atoms with Gasteiger partial charge >= 0.3 is 0 Å². The Morgan fingerprint density at radius 3 is 2.81 bits per heavy atom. The fraction of sp³-hybridized carbons (Fsp3) is 0.786. The molecular formula is C14H27IN6. The smallest absolute Gasteiger partial charge is 0.191 e. The first-order valence-corrected chi connectivity index (χ1v) is 7.78. The normalized spacial score (nSPS) is 14.9. The van der Waals surface area contributed by atoms with Crippen molar-refractivity contribution < 1.29 is 0 Å². The number of aryl methyl sites for hydroxylation is 1. The zero-order valence-corrected chi connectivity index (χ0v) is 15.4. The van der Waals surface area contributed by atoms with Crippen LogP contribution in [0.25, 0.3) is 0 Å². The molecule has 6 nitrogen and oxygen atoms in total. The summed E-state index contributed by atoms with van der Waals surface area (Å²) in [5, 5.41) is 15.2. The topological polar surface area (TPSA) is 67.1 Å². The van der Waals surface area contributed by atoms with E-state index in [1.165, 1.54) is 19.3 Å². The molecule has 21 heavy (non-hydrogen) atoms. The van der Waals surface area contributed by atoms with Crippen LogP contribution in [0, 0.1) is 0 Å². The molecule has 0 radical (unpaired) electrons. The van der Waals surface area contributed by atoms with Crippen LogP contribution in [-0.2, 0) is 19.5 Å². The maximum absolute atomic E-state index is 4.60. The molecule has 1 aromatic heterocycles. The van der Waals surface area contributed by atoms with Crippen LogP contribution < -0.4 is 10.6 Å². The second-order valence-electron chi connectivity index (χ2n) is 5.12. The molecule has 0 atom stereocenters. The summed E-state index contributed by atoms with van der Waals surface area (Å²) in [6.45, 7) is 7.65. The monoisotopic (exact) mass is 406 g/mol. The molecule has 7 heteroatoms. The van der Waals surface area contributed by atoms with E-state index in [1.54, 1.807) is 0 Å². The SMILES string of the molecule is CCCNC(=NCc1nnc2n1CCCCC2)NCC.I. The zero-order valence-electron chi connectivity index (χ0n) is 13.1. The standard InChI is InChI=1S/C14H26N6.HI/c1-3-9-16-14(15-4-2)17-11-13-19-18-12-8-6-5-7-10-20(12)13;/h3-11H2,1-2H3,(H2,15,16,17);1H.